The molecule has 0 aromatic carbocycles. The molecule has 0 unspecified atom stereocenters. The van der Waals surface area contributed by atoms with Crippen LogP contribution in [0.4, 0.5) is 5.95 Å². The Hall–Kier alpha value is -1.67. The van der Waals surface area contributed by atoms with Gasteiger partial charge in [0.1, 0.15) is 12.9 Å². The fraction of sp³-hybridized carbons (Fsp3) is 0.692. The van der Waals surface area contributed by atoms with E-state index in [1.54, 1.807) is 7.05 Å². The quantitative estimate of drug-likeness (QED) is 0.808. The summed E-state index contributed by atoms with van der Waals surface area (Å²) in [4.78, 5) is 29.4. The second-order valence-electron chi connectivity index (χ2n) is 5.14. The lowest BCUT2D eigenvalue weighted by Crippen LogP contribution is -2.34. The Bertz CT molecular complexity index is 485. The number of halogens is 1. The Labute approximate surface area is 136 Å². The van der Waals surface area contributed by atoms with Crippen molar-refractivity contribution in [2.45, 2.75) is 32.2 Å². The van der Waals surface area contributed by atoms with Crippen molar-refractivity contribution in [2.75, 3.05) is 32.0 Å². The number of nitrogens with zero attached hydrogens (tertiary/aromatic N) is 4. The molecule has 1 aliphatic rings. The fourth-order valence-electron chi connectivity index (χ4n) is 2.32. The molecule has 1 fully saturated rings. The van der Waals surface area contributed by atoms with Gasteiger partial charge < -0.3 is 10.2 Å². The molecule has 1 aromatic rings. The molecule has 22 heavy (non-hydrogen) atoms. The first kappa shape index (κ1) is 18.4. The minimum absolute atomic E-state index is 0. The zero-order valence-electron chi connectivity index (χ0n) is 12.7. The van der Waals surface area contributed by atoms with Crippen molar-refractivity contribution >= 4 is 30.2 Å². The molecule has 2 heterocycles. The van der Waals surface area contributed by atoms with E-state index >= 15 is 0 Å². The highest BCUT2D eigenvalue weighted by atomic mass is 35.5. The molecule has 1 aromatic heterocycles. The molecule has 2 rings (SSSR count). The Morgan fingerprint density at radius 3 is 2.55 bits per heavy atom. The van der Waals surface area contributed by atoms with Crippen LogP contribution in [0.3, 0.4) is 0 Å². The molecule has 124 valence electrons. The lowest BCUT2D eigenvalue weighted by Gasteiger charge is -2.19. The summed E-state index contributed by atoms with van der Waals surface area (Å²) >= 11 is 0. The van der Waals surface area contributed by atoms with Crippen molar-refractivity contribution in [3.8, 4) is 0 Å². The van der Waals surface area contributed by atoms with Gasteiger partial charge >= 0.3 is 0 Å². The number of carbonyl (C=O) groups is 2. The molecule has 1 aliphatic heterocycles. The van der Waals surface area contributed by atoms with Gasteiger partial charge in [0.15, 0.2) is 0 Å². The van der Waals surface area contributed by atoms with Crippen LogP contribution in [0.25, 0.3) is 0 Å². The molecule has 1 saturated heterocycles. The van der Waals surface area contributed by atoms with Crippen LogP contribution >= 0.6 is 12.4 Å². The van der Waals surface area contributed by atoms with Crippen molar-refractivity contribution < 1.29 is 9.59 Å². The first-order valence-electron chi connectivity index (χ1n) is 7.30. The van der Waals surface area contributed by atoms with Crippen molar-refractivity contribution in [2.24, 2.45) is 0 Å². The predicted octanol–water partition coefficient (Wildman–Crippen LogP) is 0.260. The van der Waals surface area contributed by atoms with Crippen LogP contribution in [0.2, 0.25) is 0 Å². The SMILES string of the molecule is CNCC(=O)Nc1ncn(CC(=O)N2CCCCCC2)n1.Cl. The van der Waals surface area contributed by atoms with E-state index in [-0.39, 0.29) is 43.3 Å². The van der Waals surface area contributed by atoms with Crippen LogP contribution in [0.1, 0.15) is 25.7 Å². The summed E-state index contributed by atoms with van der Waals surface area (Å²) < 4.78 is 1.46. The fourth-order valence-corrected chi connectivity index (χ4v) is 2.32. The maximum absolute atomic E-state index is 12.2. The average Bonchev–Trinajstić information content (AvgIpc) is 2.73. The van der Waals surface area contributed by atoms with Gasteiger partial charge in [-0.2, -0.15) is 0 Å². The molecule has 0 saturated carbocycles. The number of rotatable bonds is 5. The van der Waals surface area contributed by atoms with Crippen LogP contribution < -0.4 is 10.6 Å². The summed E-state index contributed by atoms with van der Waals surface area (Å²) in [6.07, 6.45) is 5.97. The largest absolute Gasteiger partial charge is 0.341 e. The minimum atomic E-state index is -0.214. The van der Waals surface area contributed by atoms with E-state index in [0.29, 0.717) is 0 Å². The Balaban J connectivity index is 0.00000242. The van der Waals surface area contributed by atoms with E-state index in [2.05, 4.69) is 20.7 Å². The van der Waals surface area contributed by atoms with Crippen molar-refractivity contribution in [3.05, 3.63) is 6.33 Å². The second kappa shape index (κ2) is 9.37. The van der Waals surface area contributed by atoms with E-state index in [4.69, 9.17) is 0 Å². The summed E-state index contributed by atoms with van der Waals surface area (Å²) in [6.45, 7) is 1.99. The van der Waals surface area contributed by atoms with Gasteiger partial charge in [-0.05, 0) is 19.9 Å². The van der Waals surface area contributed by atoms with Gasteiger partial charge in [-0.25, -0.2) is 9.67 Å². The predicted molar refractivity (Wildman–Crippen MR) is 84.9 cm³/mol. The highest BCUT2D eigenvalue weighted by Crippen LogP contribution is 2.10. The third-order valence-corrected chi connectivity index (χ3v) is 3.38. The first-order valence-corrected chi connectivity index (χ1v) is 7.30. The topological polar surface area (TPSA) is 92.2 Å². The van der Waals surface area contributed by atoms with Gasteiger partial charge in [0.05, 0.1) is 6.54 Å². The lowest BCUT2D eigenvalue weighted by molar-refractivity contribution is -0.132. The van der Waals surface area contributed by atoms with Gasteiger partial charge in [0.2, 0.25) is 17.8 Å². The summed E-state index contributed by atoms with van der Waals surface area (Å²) in [6, 6.07) is 0. The zero-order valence-corrected chi connectivity index (χ0v) is 13.6. The molecule has 0 radical (unpaired) electrons. The summed E-state index contributed by atoms with van der Waals surface area (Å²) in [7, 11) is 1.69. The van der Waals surface area contributed by atoms with Crippen LogP contribution in [0.5, 0.6) is 0 Å². The maximum Gasteiger partial charge on any atom is 0.248 e. The number of carbonyl (C=O) groups excluding carboxylic acids is 2. The third kappa shape index (κ3) is 5.61. The molecular weight excluding hydrogens is 308 g/mol. The summed E-state index contributed by atoms with van der Waals surface area (Å²) in [5.41, 5.74) is 0. The standard InChI is InChI=1S/C13H22N6O2.ClH/c1-14-8-11(20)16-13-15-10-19(17-13)9-12(21)18-6-4-2-3-5-7-18;/h10,14H,2-9H2,1H3,(H,16,17,20);1H. The highest BCUT2D eigenvalue weighted by molar-refractivity contribution is 5.90. The van der Waals surface area contributed by atoms with E-state index in [0.717, 1.165) is 25.9 Å². The third-order valence-electron chi connectivity index (χ3n) is 3.38. The van der Waals surface area contributed by atoms with E-state index in [1.807, 2.05) is 4.90 Å². The highest BCUT2D eigenvalue weighted by Gasteiger charge is 2.16. The second-order valence-corrected chi connectivity index (χ2v) is 5.14. The van der Waals surface area contributed by atoms with Gasteiger partial charge in [-0.1, -0.05) is 12.8 Å². The number of amides is 2. The molecule has 0 atom stereocenters. The number of anilines is 1. The molecule has 0 aliphatic carbocycles. The Kier molecular flexibility index (Phi) is 7.83. The number of likely N-dealkylation sites (tertiary alicyclic amines) is 1. The number of nitrogens with one attached hydrogen (secondary N) is 2. The number of hydrogen-bond acceptors (Lipinski definition) is 5. The van der Waals surface area contributed by atoms with Gasteiger partial charge in [-0.15, -0.1) is 17.5 Å². The lowest BCUT2D eigenvalue weighted by atomic mass is 10.2. The normalized spacial score (nSPS) is 14.9. The molecule has 0 bridgehead atoms. The van der Waals surface area contributed by atoms with Crippen LogP contribution in [0, 0.1) is 0 Å². The van der Waals surface area contributed by atoms with Crippen LogP contribution in [-0.4, -0.2) is 58.2 Å². The van der Waals surface area contributed by atoms with E-state index in [9.17, 15) is 9.59 Å². The van der Waals surface area contributed by atoms with Crippen molar-refractivity contribution in [1.82, 2.24) is 25.0 Å². The van der Waals surface area contributed by atoms with Crippen molar-refractivity contribution in [1.29, 1.82) is 0 Å². The van der Waals surface area contributed by atoms with Crippen LogP contribution in [-0.2, 0) is 16.1 Å². The molecular formula is C13H23ClN6O2. The molecule has 2 N–H and O–H groups in total. The average molecular weight is 331 g/mol. The molecule has 8 nitrogen and oxygen atoms in total. The maximum atomic E-state index is 12.2. The zero-order chi connectivity index (χ0) is 15.1. The summed E-state index contributed by atoms with van der Waals surface area (Å²) in [5, 5.41) is 9.39. The smallest absolute Gasteiger partial charge is 0.248 e. The molecule has 9 heteroatoms. The number of hydrogen-bond donors (Lipinski definition) is 2. The number of aromatic nitrogens is 3. The summed E-state index contributed by atoms with van der Waals surface area (Å²) in [5.74, 6) is 0.0583. The van der Waals surface area contributed by atoms with Gasteiger partial charge in [0.25, 0.3) is 0 Å². The Morgan fingerprint density at radius 1 is 1.23 bits per heavy atom. The monoisotopic (exact) mass is 330 g/mol. The first-order chi connectivity index (χ1) is 10.2. The molecule has 0 spiro atoms. The Morgan fingerprint density at radius 2 is 1.91 bits per heavy atom. The molecule has 2 amide bonds. The van der Waals surface area contributed by atoms with Gasteiger partial charge in [0, 0.05) is 13.1 Å². The minimum Gasteiger partial charge on any atom is -0.341 e. The van der Waals surface area contributed by atoms with Gasteiger partial charge in [-0.3, -0.25) is 14.9 Å². The van der Waals surface area contributed by atoms with E-state index in [1.165, 1.54) is 23.9 Å². The van der Waals surface area contributed by atoms with Crippen molar-refractivity contribution in [3.63, 3.8) is 0 Å². The van der Waals surface area contributed by atoms with Crippen LogP contribution in [0.15, 0.2) is 6.33 Å². The number of likely N-dealkylation sites (N-methyl/N-ethyl adjacent to an activating group) is 1. The van der Waals surface area contributed by atoms with E-state index < -0.39 is 0 Å².